The van der Waals surface area contributed by atoms with Crippen molar-refractivity contribution in [1.29, 1.82) is 0 Å². The molecule has 0 saturated carbocycles. The molecule has 0 aliphatic rings. The molecule has 2 amide bonds. The van der Waals surface area contributed by atoms with Crippen LogP contribution in [0, 0.1) is 6.92 Å². The minimum absolute atomic E-state index is 0.118. The highest BCUT2D eigenvalue weighted by Gasteiger charge is 2.09. The summed E-state index contributed by atoms with van der Waals surface area (Å²) in [6.45, 7) is 1.97. The van der Waals surface area contributed by atoms with E-state index in [0.717, 1.165) is 16.8 Å². The smallest absolute Gasteiger partial charge is 0.255 e. The van der Waals surface area contributed by atoms with Gasteiger partial charge in [-0.15, -0.1) is 0 Å². The highest BCUT2D eigenvalue weighted by Crippen LogP contribution is 2.15. The average molecular weight is 344 g/mol. The third-order valence-corrected chi connectivity index (χ3v) is 3.89. The van der Waals surface area contributed by atoms with Crippen molar-refractivity contribution in [2.24, 2.45) is 0 Å². The van der Waals surface area contributed by atoms with E-state index >= 15 is 0 Å². The molecule has 0 spiro atoms. The number of benzene rings is 3. The van der Waals surface area contributed by atoms with Gasteiger partial charge in [-0.25, -0.2) is 0 Å². The minimum atomic E-state index is -0.213. The van der Waals surface area contributed by atoms with Gasteiger partial charge in [0.15, 0.2) is 0 Å². The van der Waals surface area contributed by atoms with Gasteiger partial charge in [0.05, 0.1) is 6.42 Å². The predicted octanol–water partition coefficient (Wildman–Crippen LogP) is 4.43. The topological polar surface area (TPSA) is 58.2 Å². The molecule has 26 heavy (non-hydrogen) atoms. The number of carbonyl (C=O) groups is 2. The van der Waals surface area contributed by atoms with Crippen molar-refractivity contribution in [3.8, 4) is 0 Å². The van der Waals surface area contributed by atoms with E-state index in [-0.39, 0.29) is 11.8 Å². The second kappa shape index (κ2) is 8.12. The lowest BCUT2D eigenvalue weighted by Gasteiger charge is -2.09. The zero-order chi connectivity index (χ0) is 18.4. The molecule has 0 aliphatic carbocycles. The fraction of sp³-hybridized carbons (Fsp3) is 0.0909. The molecule has 2 N–H and O–H groups in total. The predicted molar refractivity (Wildman–Crippen MR) is 104 cm³/mol. The normalized spacial score (nSPS) is 10.2. The van der Waals surface area contributed by atoms with Crippen molar-refractivity contribution >= 4 is 23.2 Å². The maximum atomic E-state index is 12.4. The molecule has 3 aromatic rings. The first-order valence-corrected chi connectivity index (χ1v) is 8.42. The van der Waals surface area contributed by atoms with Gasteiger partial charge >= 0.3 is 0 Å². The van der Waals surface area contributed by atoms with Crippen LogP contribution in [-0.2, 0) is 11.2 Å². The number of carbonyl (C=O) groups excluding carboxylic acids is 2. The Bertz CT molecular complexity index is 920. The summed E-state index contributed by atoms with van der Waals surface area (Å²) in [5.74, 6) is -0.331. The van der Waals surface area contributed by atoms with Crippen molar-refractivity contribution in [2.75, 3.05) is 10.6 Å². The number of hydrogen-bond acceptors (Lipinski definition) is 2. The Balaban J connectivity index is 1.65. The molecular formula is C22H20N2O2. The van der Waals surface area contributed by atoms with E-state index in [1.165, 1.54) is 0 Å². The summed E-state index contributed by atoms with van der Waals surface area (Å²) in [5.41, 5.74) is 3.85. The van der Waals surface area contributed by atoms with E-state index in [2.05, 4.69) is 10.6 Å². The fourth-order valence-corrected chi connectivity index (χ4v) is 2.65. The van der Waals surface area contributed by atoms with Crippen LogP contribution in [0.2, 0.25) is 0 Å². The maximum Gasteiger partial charge on any atom is 0.255 e. The van der Waals surface area contributed by atoms with Crippen LogP contribution in [0.3, 0.4) is 0 Å². The third-order valence-electron chi connectivity index (χ3n) is 3.89. The Kier molecular flexibility index (Phi) is 5.44. The Labute approximate surface area is 152 Å². The Morgan fingerprint density at radius 1 is 0.769 bits per heavy atom. The third kappa shape index (κ3) is 4.80. The van der Waals surface area contributed by atoms with Crippen LogP contribution >= 0.6 is 0 Å². The van der Waals surface area contributed by atoms with E-state index in [1.54, 1.807) is 24.3 Å². The largest absolute Gasteiger partial charge is 0.326 e. The zero-order valence-electron chi connectivity index (χ0n) is 14.5. The van der Waals surface area contributed by atoms with Crippen LogP contribution < -0.4 is 10.6 Å². The fourth-order valence-electron chi connectivity index (χ4n) is 2.65. The van der Waals surface area contributed by atoms with Gasteiger partial charge in [-0.2, -0.15) is 0 Å². The summed E-state index contributed by atoms with van der Waals surface area (Å²) >= 11 is 0. The molecule has 0 aromatic heterocycles. The first kappa shape index (κ1) is 17.4. The SMILES string of the molecule is Cc1cccc(NC(=O)c2cccc(NC(=O)Cc3ccccc3)c2)c1. The van der Waals surface area contributed by atoms with Crippen molar-refractivity contribution in [2.45, 2.75) is 13.3 Å². The van der Waals surface area contributed by atoms with Gasteiger partial charge in [-0.1, -0.05) is 48.5 Å². The summed E-state index contributed by atoms with van der Waals surface area (Å²) in [7, 11) is 0. The highest BCUT2D eigenvalue weighted by atomic mass is 16.2. The van der Waals surface area contributed by atoms with Crippen molar-refractivity contribution in [3.63, 3.8) is 0 Å². The number of nitrogens with one attached hydrogen (secondary N) is 2. The van der Waals surface area contributed by atoms with Crippen LogP contribution in [0.1, 0.15) is 21.5 Å². The number of rotatable bonds is 5. The second-order valence-electron chi connectivity index (χ2n) is 6.11. The van der Waals surface area contributed by atoms with E-state index in [9.17, 15) is 9.59 Å². The second-order valence-corrected chi connectivity index (χ2v) is 6.11. The van der Waals surface area contributed by atoms with Gasteiger partial charge < -0.3 is 10.6 Å². The quantitative estimate of drug-likeness (QED) is 0.719. The van der Waals surface area contributed by atoms with Gasteiger partial charge in [0.25, 0.3) is 5.91 Å². The number of aryl methyl sites for hydroxylation is 1. The van der Waals surface area contributed by atoms with E-state index in [1.807, 2.05) is 61.5 Å². The number of amides is 2. The minimum Gasteiger partial charge on any atom is -0.326 e. The average Bonchev–Trinajstić information content (AvgIpc) is 2.62. The van der Waals surface area contributed by atoms with E-state index in [0.29, 0.717) is 17.7 Å². The first-order valence-electron chi connectivity index (χ1n) is 8.42. The molecule has 0 fully saturated rings. The van der Waals surface area contributed by atoms with Crippen molar-refractivity contribution in [3.05, 3.63) is 95.6 Å². The highest BCUT2D eigenvalue weighted by molar-refractivity contribution is 6.05. The van der Waals surface area contributed by atoms with Crippen LogP contribution in [0.4, 0.5) is 11.4 Å². The summed E-state index contributed by atoms with van der Waals surface area (Å²) in [6, 6.07) is 24.1. The standard InChI is InChI=1S/C22H20N2O2/c1-16-7-5-11-19(13-16)24-22(26)18-10-6-12-20(15-18)23-21(25)14-17-8-3-2-4-9-17/h2-13,15H,14H2,1H3,(H,23,25)(H,24,26). The summed E-state index contributed by atoms with van der Waals surface area (Å²) < 4.78 is 0. The van der Waals surface area contributed by atoms with E-state index in [4.69, 9.17) is 0 Å². The van der Waals surface area contributed by atoms with E-state index < -0.39 is 0 Å². The summed E-state index contributed by atoms with van der Waals surface area (Å²) in [5, 5.41) is 5.71. The monoisotopic (exact) mass is 344 g/mol. The summed E-state index contributed by atoms with van der Waals surface area (Å²) in [6.07, 6.45) is 0.292. The molecule has 0 bridgehead atoms. The molecule has 0 unspecified atom stereocenters. The summed E-state index contributed by atoms with van der Waals surface area (Å²) in [4.78, 5) is 24.6. The van der Waals surface area contributed by atoms with Crippen LogP contribution in [-0.4, -0.2) is 11.8 Å². The molecule has 4 nitrogen and oxygen atoms in total. The zero-order valence-corrected chi connectivity index (χ0v) is 14.5. The lowest BCUT2D eigenvalue weighted by atomic mass is 10.1. The van der Waals surface area contributed by atoms with Crippen molar-refractivity contribution < 1.29 is 9.59 Å². The molecule has 130 valence electrons. The van der Waals surface area contributed by atoms with Gasteiger partial charge in [0.1, 0.15) is 0 Å². The molecule has 3 rings (SSSR count). The van der Waals surface area contributed by atoms with Gasteiger partial charge in [0.2, 0.25) is 5.91 Å². The molecule has 0 radical (unpaired) electrons. The lowest BCUT2D eigenvalue weighted by molar-refractivity contribution is -0.115. The van der Waals surface area contributed by atoms with Crippen LogP contribution in [0.15, 0.2) is 78.9 Å². The first-order chi connectivity index (χ1) is 12.6. The number of hydrogen-bond donors (Lipinski definition) is 2. The molecule has 0 atom stereocenters. The lowest BCUT2D eigenvalue weighted by Crippen LogP contribution is -2.16. The number of anilines is 2. The molecule has 3 aromatic carbocycles. The molecule has 0 aliphatic heterocycles. The van der Waals surface area contributed by atoms with Crippen LogP contribution in [0.5, 0.6) is 0 Å². The Morgan fingerprint density at radius 2 is 1.46 bits per heavy atom. The van der Waals surface area contributed by atoms with Gasteiger partial charge in [-0.05, 0) is 48.4 Å². The molecule has 4 heteroatoms. The van der Waals surface area contributed by atoms with Crippen LogP contribution in [0.25, 0.3) is 0 Å². The molecular weight excluding hydrogens is 324 g/mol. The Morgan fingerprint density at radius 3 is 2.19 bits per heavy atom. The maximum absolute atomic E-state index is 12.4. The molecule has 0 heterocycles. The van der Waals surface area contributed by atoms with Gasteiger partial charge in [-0.3, -0.25) is 9.59 Å². The van der Waals surface area contributed by atoms with Crippen molar-refractivity contribution in [1.82, 2.24) is 0 Å². The van der Waals surface area contributed by atoms with Gasteiger partial charge in [0, 0.05) is 16.9 Å². The Hall–Kier alpha value is -3.40. The molecule has 0 saturated heterocycles.